The zero-order chi connectivity index (χ0) is 18.9. The molecule has 2 aromatic rings. The molecule has 2 aromatic carbocycles. The van der Waals surface area contributed by atoms with E-state index in [1.807, 2.05) is 17.0 Å². The third-order valence-electron chi connectivity index (χ3n) is 5.62. The molecule has 1 heterocycles. The molecule has 0 atom stereocenters. The predicted molar refractivity (Wildman–Crippen MR) is 100 cm³/mol. The van der Waals surface area contributed by atoms with Gasteiger partial charge in [-0.05, 0) is 54.5 Å². The first-order chi connectivity index (χ1) is 13.1. The summed E-state index contributed by atoms with van der Waals surface area (Å²) in [6.45, 7) is 1.70. The maximum atomic E-state index is 13.0. The molecule has 0 radical (unpaired) electrons. The average molecular weight is 366 g/mol. The van der Waals surface area contributed by atoms with Gasteiger partial charge in [-0.2, -0.15) is 0 Å². The Kier molecular flexibility index (Phi) is 4.68. The Labute approximate surface area is 158 Å². The summed E-state index contributed by atoms with van der Waals surface area (Å²) >= 11 is 0. The van der Waals surface area contributed by atoms with Gasteiger partial charge in [-0.15, -0.1) is 0 Å². The molecule has 0 saturated heterocycles. The van der Waals surface area contributed by atoms with Gasteiger partial charge in [-0.1, -0.05) is 36.4 Å². The van der Waals surface area contributed by atoms with Crippen LogP contribution in [-0.4, -0.2) is 29.8 Å². The minimum absolute atomic E-state index is 0.0451. The number of carbonyl (C=O) groups is 2. The van der Waals surface area contributed by atoms with Crippen molar-refractivity contribution in [2.45, 2.75) is 32.2 Å². The van der Waals surface area contributed by atoms with Crippen LogP contribution in [0.3, 0.4) is 0 Å². The van der Waals surface area contributed by atoms with Gasteiger partial charge >= 0.3 is 0 Å². The van der Waals surface area contributed by atoms with E-state index in [4.69, 9.17) is 0 Å². The lowest BCUT2D eigenvalue weighted by Crippen LogP contribution is -2.47. The highest BCUT2D eigenvalue weighted by atomic mass is 19.1. The third-order valence-corrected chi connectivity index (χ3v) is 5.62. The molecule has 5 heteroatoms. The highest BCUT2D eigenvalue weighted by Gasteiger charge is 2.58. The first-order valence-corrected chi connectivity index (χ1v) is 9.47. The lowest BCUT2D eigenvalue weighted by molar-refractivity contribution is -0.145. The Morgan fingerprint density at radius 1 is 1.04 bits per heavy atom. The Bertz CT molecular complexity index is 859. The van der Waals surface area contributed by atoms with E-state index in [1.165, 1.54) is 23.3 Å². The number of nitrogens with one attached hydrogen (secondary N) is 1. The third kappa shape index (κ3) is 3.59. The monoisotopic (exact) mass is 366 g/mol. The van der Waals surface area contributed by atoms with Crippen molar-refractivity contribution < 1.29 is 14.0 Å². The van der Waals surface area contributed by atoms with E-state index >= 15 is 0 Å². The van der Waals surface area contributed by atoms with E-state index in [1.54, 1.807) is 12.1 Å². The van der Waals surface area contributed by atoms with Crippen molar-refractivity contribution in [3.63, 3.8) is 0 Å². The molecular formula is C22H23FN2O2. The molecule has 1 aliphatic heterocycles. The zero-order valence-electron chi connectivity index (χ0n) is 15.2. The minimum atomic E-state index is -0.880. The molecule has 1 saturated carbocycles. The van der Waals surface area contributed by atoms with Crippen LogP contribution in [0.4, 0.5) is 4.39 Å². The van der Waals surface area contributed by atoms with Gasteiger partial charge in [0.25, 0.3) is 0 Å². The van der Waals surface area contributed by atoms with Crippen molar-refractivity contribution in [3.05, 3.63) is 71.0 Å². The number of amides is 2. The molecule has 0 spiro atoms. The van der Waals surface area contributed by atoms with Gasteiger partial charge in [0.2, 0.25) is 11.8 Å². The molecule has 1 aliphatic carbocycles. The predicted octanol–water partition coefficient (Wildman–Crippen LogP) is 2.85. The van der Waals surface area contributed by atoms with Crippen LogP contribution in [0.25, 0.3) is 0 Å². The second-order valence-electron chi connectivity index (χ2n) is 7.46. The van der Waals surface area contributed by atoms with Crippen LogP contribution in [0.15, 0.2) is 48.5 Å². The summed E-state index contributed by atoms with van der Waals surface area (Å²) in [6, 6.07) is 14.4. The number of carbonyl (C=O) groups excluding carboxylic acids is 2. The van der Waals surface area contributed by atoms with Gasteiger partial charge in [0.05, 0.1) is 0 Å². The number of nitrogens with zero attached hydrogens (tertiary/aromatic N) is 1. The molecule has 4 nitrogen and oxygen atoms in total. The highest BCUT2D eigenvalue weighted by Crippen LogP contribution is 2.48. The maximum absolute atomic E-state index is 13.0. The summed E-state index contributed by atoms with van der Waals surface area (Å²) < 4.78 is 12.9. The van der Waals surface area contributed by atoms with Crippen LogP contribution < -0.4 is 5.32 Å². The molecule has 140 valence electrons. The molecule has 0 bridgehead atoms. The number of rotatable bonds is 5. The van der Waals surface area contributed by atoms with Crippen LogP contribution in [0.2, 0.25) is 0 Å². The van der Waals surface area contributed by atoms with Crippen LogP contribution in [0, 0.1) is 11.2 Å². The normalized spacial score (nSPS) is 17.1. The van der Waals surface area contributed by atoms with Gasteiger partial charge in [0, 0.05) is 19.6 Å². The van der Waals surface area contributed by atoms with E-state index in [0.717, 1.165) is 12.0 Å². The first kappa shape index (κ1) is 17.7. The second-order valence-corrected chi connectivity index (χ2v) is 7.46. The Morgan fingerprint density at radius 3 is 2.44 bits per heavy atom. The number of benzene rings is 2. The van der Waals surface area contributed by atoms with Crippen LogP contribution in [0.1, 0.15) is 29.5 Å². The van der Waals surface area contributed by atoms with Gasteiger partial charge < -0.3 is 10.2 Å². The summed E-state index contributed by atoms with van der Waals surface area (Å²) in [4.78, 5) is 27.5. The van der Waals surface area contributed by atoms with E-state index in [-0.39, 0.29) is 17.6 Å². The number of hydrogen-bond donors (Lipinski definition) is 1. The van der Waals surface area contributed by atoms with E-state index in [0.29, 0.717) is 38.9 Å². The second kappa shape index (κ2) is 7.14. The van der Waals surface area contributed by atoms with Crippen molar-refractivity contribution in [2.24, 2.45) is 5.41 Å². The fourth-order valence-corrected chi connectivity index (χ4v) is 3.78. The number of hydrogen-bond acceptors (Lipinski definition) is 2. The van der Waals surface area contributed by atoms with Gasteiger partial charge in [-0.3, -0.25) is 9.59 Å². The molecule has 2 amide bonds. The minimum Gasteiger partial charge on any atom is -0.355 e. The van der Waals surface area contributed by atoms with Crippen molar-refractivity contribution in [1.82, 2.24) is 10.2 Å². The van der Waals surface area contributed by atoms with Gasteiger partial charge in [0.1, 0.15) is 11.2 Å². The fourth-order valence-electron chi connectivity index (χ4n) is 3.78. The van der Waals surface area contributed by atoms with Crippen LogP contribution in [0.5, 0.6) is 0 Å². The Balaban J connectivity index is 1.34. The molecule has 27 heavy (non-hydrogen) atoms. The van der Waals surface area contributed by atoms with Crippen molar-refractivity contribution in [3.8, 4) is 0 Å². The van der Waals surface area contributed by atoms with E-state index in [2.05, 4.69) is 17.4 Å². The molecule has 4 rings (SSSR count). The summed E-state index contributed by atoms with van der Waals surface area (Å²) in [6.07, 6.45) is 2.69. The lowest BCUT2D eigenvalue weighted by Gasteiger charge is -2.31. The topological polar surface area (TPSA) is 49.4 Å². The molecule has 1 fully saturated rings. The fraction of sp³-hybridized carbons (Fsp3) is 0.364. The van der Waals surface area contributed by atoms with Gasteiger partial charge in [0.15, 0.2) is 0 Å². The first-order valence-electron chi connectivity index (χ1n) is 9.47. The number of fused-ring (bicyclic) bond motifs is 1. The Morgan fingerprint density at radius 2 is 1.74 bits per heavy atom. The molecule has 2 aliphatic rings. The lowest BCUT2D eigenvalue weighted by atomic mass is 9.97. The van der Waals surface area contributed by atoms with Gasteiger partial charge in [-0.25, -0.2) is 4.39 Å². The van der Waals surface area contributed by atoms with Crippen LogP contribution >= 0.6 is 0 Å². The SMILES string of the molecule is O=C(NCCc1ccc(F)cc1)C1(C(=O)N2CCc3ccccc3C2)CC1. The largest absolute Gasteiger partial charge is 0.355 e. The quantitative estimate of drug-likeness (QED) is 0.828. The average Bonchev–Trinajstić information content (AvgIpc) is 3.50. The van der Waals surface area contributed by atoms with Crippen LogP contribution in [-0.2, 0) is 29.0 Å². The highest BCUT2D eigenvalue weighted by molar-refractivity contribution is 6.07. The molecule has 0 aromatic heterocycles. The maximum Gasteiger partial charge on any atom is 0.238 e. The smallest absolute Gasteiger partial charge is 0.238 e. The molecular weight excluding hydrogens is 343 g/mol. The van der Waals surface area contributed by atoms with Crippen molar-refractivity contribution >= 4 is 11.8 Å². The van der Waals surface area contributed by atoms with Crippen molar-refractivity contribution in [1.29, 1.82) is 0 Å². The summed E-state index contributed by atoms with van der Waals surface area (Å²) in [7, 11) is 0. The van der Waals surface area contributed by atoms with E-state index < -0.39 is 5.41 Å². The molecule has 1 N–H and O–H groups in total. The summed E-state index contributed by atoms with van der Waals surface area (Å²) in [5.41, 5.74) is 2.54. The Hall–Kier alpha value is -2.69. The zero-order valence-corrected chi connectivity index (χ0v) is 15.2. The number of halogens is 1. The summed E-state index contributed by atoms with van der Waals surface area (Å²) in [5, 5.41) is 2.91. The summed E-state index contributed by atoms with van der Waals surface area (Å²) in [5.74, 6) is -0.488. The standard InChI is InChI=1S/C22H23FN2O2/c23-19-7-5-16(6-8-19)9-13-24-20(26)22(11-12-22)21(27)25-14-10-17-3-1-2-4-18(17)15-25/h1-8H,9-15H2,(H,24,26). The van der Waals surface area contributed by atoms with E-state index in [9.17, 15) is 14.0 Å². The molecule has 0 unspecified atom stereocenters. The van der Waals surface area contributed by atoms with Crippen molar-refractivity contribution in [2.75, 3.05) is 13.1 Å².